The molecule has 0 fully saturated rings. The Kier molecular flexibility index (Phi) is 4.80. The molecule has 0 spiro atoms. The Balaban J connectivity index is 2.57. The Bertz CT molecular complexity index is 1140. The van der Waals surface area contributed by atoms with Crippen molar-refractivity contribution in [1.82, 2.24) is 14.5 Å². The van der Waals surface area contributed by atoms with Crippen molar-refractivity contribution in [3.63, 3.8) is 0 Å². The van der Waals surface area contributed by atoms with Gasteiger partial charge in [-0.2, -0.15) is 13.2 Å². The van der Waals surface area contributed by atoms with E-state index >= 15 is 0 Å². The van der Waals surface area contributed by atoms with Crippen LogP contribution in [0.3, 0.4) is 0 Å². The highest BCUT2D eigenvalue weighted by Crippen LogP contribution is 2.32. The first-order valence-electron chi connectivity index (χ1n) is 8.05. The van der Waals surface area contributed by atoms with Crippen molar-refractivity contribution in [3.8, 4) is 5.69 Å². The Morgan fingerprint density at radius 1 is 1.25 bits per heavy atom. The van der Waals surface area contributed by atoms with Crippen molar-refractivity contribution >= 4 is 22.7 Å². The van der Waals surface area contributed by atoms with Crippen molar-refractivity contribution in [2.75, 3.05) is 19.5 Å². The summed E-state index contributed by atoms with van der Waals surface area (Å²) in [5, 5.41) is 2.85. The number of nitrogens with one attached hydrogen (secondary N) is 1. The van der Waals surface area contributed by atoms with Crippen LogP contribution in [0.2, 0.25) is 0 Å². The van der Waals surface area contributed by atoms with Gasteiger partial charge in [0.25, 0.3) is 5.56 Å². The van der Waals surface area contributed by atoms with Crippen LogP contribution in [0.15, 0.2) is 35.3 Å². The molecule has 3 heterocycles. The molecular formula is C18H15F3N4O3. The standard InChI is InChI=1S/C18H15F3N4O3/c1-9-11(5-4-8-23-9)25-15-10(6-7-12(24-15)18(19,20)21)14(22-2)13(16(25)26)17(27)28-3/h4-8,22H,1-3H3. The highest BCUT2D eigenvalue weighted by atomic mass is 19.4. The number of alkyl halides is 3. The van der Waals surface area contributed by atoms with Gasteiger partial charge in [-0.15, -0.1) is 0 Å². The second kappa shape index (κ2) is 6.95. The fraction of sp³-hybridized carbons (Fsp3) is 0.222. The van der Waals surface area contributed by atoms with Crippen molar-refractivity contribution in [2.45, 2.75) is 13.1 Å². The van der Waals surface area contributed by atoms with Crippen molar-refractivity contribution < 1.29 is 22.7 Å². The van der Waals surface area contributed by atoms with Gasteiger partial charge in [-0.3, -0.25) is 14.3 Å². The summed E-state index contributed by atoms with van der Waals surface area (Å²) in [4.78, 5) is 33.2. The molecule has 0 saturated heterocycles. The summed E-state index contributed by atoms with van der Waals surface area (Å²) in [5.41, 5.74) is -2.02. The molecule has 0 radical (unpaired) electrons. The van der Waals surface area contributed by atoms with E-state index in [0.29, 0.717) is 5.69 Å². The molecule has 1 N–H and O–H groups in total. The predicted octanol–water partition coefficient (Wildman–Crippen LogP) is 2.94. The number of methoxy groups -OCH3 is 1. The van der Waals surface area contributed by atoms with Gasteiger partial charge < -0.3 is 10.1 Å². The molecule has 0 bridgehead atoms. The molecule has 10 heteroatoms. The first-order valence-corrected chi connectivity index (χ1v) is 8.05. The Hall–Kier alpha value is -3.43. The van der Waals surface area contributed by atoms with Gasteiger partial charge in [-0.1, -0.05) is 0 Å². The number of anilines is 1. The van der Waals surface area contributed by atoms with Gasteiger partial charge >= 0.3 is 12.1 Å². The molecule has 0 aliphatic rings. The smallest absolute Gasteiger partial charge is 0.433 e. The quantitative estimate of drug-likeness (QED) is 0.690. The van der Waals surface area contributed by atoms with E-state index in [1.807, 2.05) is 0 Å². The van der Waals surface area contributed by atoms with E-state index < -0.39 is 23.4 Å². The summed E-state index contributed by atoms with van der Waals surface area (Å²) in [5.74, 6) is -0.925. The highest BCUT2D eigenvalue weighted by Gasteiger charge is 2.34. The van der Waals surface area contributed by atoms with Crippen molar-refractivity contribution in [1.29, 1.82) is 0 Å². The lowest BCUT2D eigenvalue weighted by Crippen LogP contribution is -2.29. The summed E-state index contributed by atoms with van der Waals surface area (Å²) in [6, 6.07) is 4.98. The van der Waals surface area contributed by atoms with Gasteiger partial charge in [0.2, 0.25) is 0 Å². The number of halogens is 3. The average molecular weight is 392 g/mol. The first-order chi connectivity index (χ1) is 13.2. The lowest BCUT2D eigenvalue weighted by Gasteiger charge is -2.18. The highest BCUT2D eigenvalue weighted by molar-refractivity contribution is 6.04. The molecule has 3 rings (SSSR count). The minimum absolute atomic E-state index is 0.0332. The lowest BCUT2D eigenvalue weighted by atomic mass is 10.1. The fourth-order valence-electron chi connectivity index (χ4n) is 2.91. The monoisotopic (exact) mass is 392 g/mol. The summed E-state index contributed by atoms with van der Waals surface area (Å²) in [6.07, 6.45) is -3.23. The van der Waals surface area contributed by atoms with E-state index in [-0.39, 0.29) is 28.0 Å². The van der Waals surface area contributed by atoms with E-state index in [2.05, 4.69) is 15.3 Å². The van der Waals surface area contributed by atoms with Gasteiger partial charge in [0.1, 0.15) is 16.9 Å². The Morgan fingerprint density at radius 2 is 1.96 bits per heavy atom. The fourth-order valence-corrected chi connectivity index (χ4v) is 2.91. The molecule has 0 aliphatic carbocycles. The molecule has 3 aromatic heterocycles. The molecule has 0 aromatic carbocycles. The van der Waals surface area contributed by atoms with Crippen LogP contribution in [-0.2, 0) is 10.9 Å². The van der Waals surface area contributed by atoms with E-state index in [1.165, 1.54) is 25.4 Å². The summed E-state index contributed by atoms with van der Waals surface area (Å²) >= 11 is 0. The number of aryl methyl sites for hydroxylation is 1. The third-order valence-corrected chi connectivity index (χ3v) is 4.17. The molecule has 0 atom stereocenters. The zero-order chi connectivity index (χ0) is 20.6. The van der Waals surface area contributed by atoms with Crippen LogP contribution in [0.5, 0.6) is 0 Å². The lowest BCUT2D eigenvalue weighted by molar-refractivity contribution is -0.141. The largest absolute Gasteiger partial charge is 0.465 e. The van der Waals surface area contributed by atoms with Gasteiger partial charge in [0.05, 0.1) is 24.2 Å². The van der Waals surface area contributed by atoms with Crippen LogP contribution in [0.1, 0.15) is 21.7 Å². The SMILES string of the molecule is CNc1c(C(=O)OC)c(=O)n(-c2cccnc2C)c2nc(C(F)(F)F)ccc12. The number of nitrogens with zero attached hydrogens (tertiary/aromatic N) is 3. The van der Waals surface area contributed by atoms with Crippen LogP contribution in [0.4, 0.5) is 18.9 Å². The molecular weight excluding hydrogens is 377 g/mol. The number of ether oxygens (including phenoxy) is 1. The molecule has 0 amide bonds. The van der Waals surface area contributed by atoms with Gasteiger partial charge in [0, 0.05) is 18.6 Å². The zero-order valence-electron chi connectivity index (χ0n) is 15.1. The number of carbonyl (C=O) groups excluding carboxylic acids is 1. The molecule has 28 heavy (non-hydrogen) atoms. The van der Waals surface area contributed by atoms with Crippen LogP contribution in [0.25, 0.3) is 16.7 Å². The Morgan fingerprint density at radius 3 is 2.54 bits per heavy atom. The number of fused-ring (bicyclic) bond motifs is 1. The van der Waals surface area contributed by atoms with E-state index in [1.54, 1.807) is 6.92 Å². The van der Waals surface area contributed by atoms with Gasteiger partial charge in [-0.25, -0.2) is 9.78 Å². The van der Waals surface area contributed by atoms with Crippen molar-refractivity contribution in [2.24, 2.45) is 0 Å². The second-order valence-electron chi connectivity index (χ2n) is 5.81. The Labute approximate surface area is 156 Å². The van der Waals surface area contributed by atoms with Crippen LogP contribution < -0.4 is 10.9 Å². The van der Waals surface area contributed by atoms with Crippen molar-refractivity contribution in [3.05, 3.63) is 57.8 Å². The topological polar surface area (TPSA) is 86.1 Å². The zero-order valence-corrected chi connectivity index (χ0v) is 15.1. The molecule has 0 aliphatic heterocycles. The molecule has 7 nitrogen and oxygen atoms in total. The predicted molar refractivity (Wildman–Crippen MR) is 95.8 cm³/mol. The van der Waals surface area contributed by atoms with E-state index in [0.717, 1.165) is 23.8 Å². The first kappa shape index (κ1) is 19.3. The third kappa shape index (κ3) is 3.06. The third-order valence-electron chi connectivity index (χ3n) is 4.17. The normalized spacial score (nSPS) is 11.5. The maximum absolute atomic E-state index is 13.2. The summed E-state index contributed by atoms with van der Waals surface area (Å²) in [6.45, 7) is 1.59. The van der Waals surface area contributed by atoms with E-state index in [9.17, 15) is 22.8 Å². The number of esters is 1. The number of pyridine rings is 3. The molecule has 0 unspecified atom stereocenters. The molecule has 0 saturated carbocycles. The molecule has 3 aromatic rings. The van der Waals surface area contributed by atoms with Gasteiger partial charge in [0.15, 0.2) is 0 Å². The van der Waals surface area contributed by atoms with Gasteiger partial charge in [-0.05, 0) is 31.2 Å². The number of rotatable bonds is 3. The minimum Gasteiger partial charge on any atom is -0.465 e. The van der Waals surface area contributed by atoms with Crippen LogP contribution in [-0.4, -0.2) is 34.7 Å². The number of hydrogen-bond donors (Lipinski definition) is 1. The summed E-state index contributed by atoms with van der Waals surface area (Å²) in [7, 11) is 2.55. The van der Waals surface area contributed by atoms with E-state index in [4.69, 9.17) is 4.74 Å². The minimum atomic E-state index is -4.71. The second-order valence-corrected chi connectivity index (χ2v) is 5.81. The maximum Gasteiger partial charge on any atom is 0.433 e. The maximum atomic E-state index is 13.2. The summed E-state index contributed by atoms with van der Waals surface area (Å²) < 4.78 is 45.3. The average Bonchev–Trinajstić information content (AvgIpc) is 2.66. The number of hydrogen-bond acceptors (Lipinski definition) is 6. The molecule has 146 valence electrons. The van der Waals surface area contributed by atoms with Crippen LogP contribution >= 0.6 is 0 Å². The number of aromatic nitrogens is 3. The number of carbonyl (C=O) groups is 1. The van der Waals surface area contributed by atoms with Crippen LogP contribution in [0, 0.1) is 6.92 Å².